The van der Waals surface area contributed by atoms with Crippen LogP contribution in [0.5, 0.6) is 0 Å². The average molecular weight is 284 g/mol. The lowest BCUT2D eigenvalue weighted by Gasteiger charge is -2.28. The number of ether oxygens (including phenoxy) is 2. The lowest BCUT2D eigenvalue weighted by Crippen LogP contribution is -2.41. The summed E-state index contributed by atoms with van der Waals surface area (Å²) < 4.78 is 10.6. The fourth-order valence-corrected chi connectivity index (χ4v) is 3.02. The van der Waals surface area contributed by atoms with E-state index in [0.29, 0.717) is 12.3 Å². The molecule has 5 nitrogen and oxygen atoms in total. The van der Waals surface area contributed by atoms with Crippen LogP contribution in [-0.2, 0) is 9.47 Å². The van der Waals surface area contributed by atoms with Gasteiger partial charge in [-0.05, 0) is 34.1 Å². The van der Waals surface area contributed by atoms with Gasteiger partial charge in [0, 0.05) is 11.5 Å². The molecule has 0 bridgehead atoms. The first kappa shape index (κ1) is 14.3. The summed E-state index contributed by atoms with van der Waals surface area (Å²) in [5.41, 5.74) is 0.278. The lowest BCUT2D eigenvalue weighted by atomic mass is 9.95. The molecule has 0 amide bonds. The Morgan fingerprint density at radius 2 is 2.42 bits per heavy atom. The van der Waals surface area contributed by atoms with E-state index in [1.54, 1.807) is 6.92 Å². The molecule has 0 aliphatic carbocycles. The predicted octanol–water partition coefficient (Wildman–Crippen LogP) is 2.61. The molecular formula is C13H20N2O3S. The van der Waals surface area contributed by atoms with Crippen LogP contribution in [0.4, 0.5) is 5.13 Å². The van der Waals surface area contributed by atoms with Crippen LogP contribution >= 0.6 is 11.3 Å². The Morgan fingerprint density at radius 3 is 3.00 bits per heavy atom. The van der Waals surface area contributed by atoms with Gasteiger partial charge in [-0.3, -0.25) is 0 Å². The van der Waals surface area contributed by atoms with E-state index in [0.717, 1.165) is 23.0 Å². The van der Waals surface area contributed by atoms with Gasteiger partial charge in [-0.25, -0.2) is 9.78 Å². The molecule has 106 valence electrons. The normalized spacial score (nSPS) is 26.4. The van der Waals surface area contributed by atoms with Gasteiger partial charge in [-0.1, -0.05) is 0 Å². The molecule has 1 aromatic rings. The van der Waals surface area contributed by atoms with Gasteiger partial charge in [0.1, 0.15) is 0 Å². The topological polar surface area (TPSA) is 60.5 Å². The molecule has 1 saturated heterocycles. The molecule has 1 aliphatic heterocycles. The minimum absolute atomic E-state index is 0.128. The molecular weight excluding hydrogens is 264 g/mol. The van der Waals surface area contributed by atoms with Gasteiger partial charge in [-0.2, -0.15) is 0 Å². The Hall–Kier alpha value is -1.14. The third-order valence-electron chi connectivity index (χ3n) is 3.54. The first-order valence-electron chi connectivity index (χ1n) is 6.50. The smallest absolute Gasteiger partial charge is 0.358 e. The highest BCUT2D eigenvalue weighted by Crippen LogP contribution is 2.32. The van der Waals surface area contributed by atoms with Crippen molar-refractivity contribution in [1.82, 2.24) is 4.98 Å². The van der Waals surface area contributed by atoms with Crippen molar-refractivity contribution in [3.63, 3.8) is 0 Å². The molecule has 0 saturated carbocycles. The lowest BCUT2D eigenvalue weighted by molar-refractivity contribution is 0.0519. The highest BCUT2D eigenvalue weighted by Gasteiger charge is 2.37. The maximum Gasteiger partial charge on any atom is 0.358 e. The number of hydrogen-bond donors (Lipinski definition) is 1. The summed E-state index contributed by atoms with van der Waals surface area (Å²) in [6.45, 7) is 8.95. The number of nitrogens with zero attached hydrogens (tertiary/aromatic N) is 1. The van der Waals surface area contributed by atoms with Crippen LogP contribution in [0.25, 0.3) is 0 Å². The molecule has 1 N–H and O–H groups in total. The van der Waals surface area contributed by atoms with Gasteiger partial charge >= 0.3 is 5.97 Å². The third-order valence-corrected chi connectivity index (χ3v) is 4.43. The Balaban J connectivity index is 2.14. The fourth-order valence-electron chi connectivity index (χ4n) is 2.08. The van der Waals surface area contributed by atoms with Crippen LogP contribution in [0.1, 0.15) is 42.6 Å². The van der Waals surface area contributed by atoms with E-state index in [-0.39, 0.29) is 17.6 Å². The quantitative estimate of drug-likeness (QED) is 0.861. The summed E-state index contributed by atoms with van der Waals surface area (Å²) in [5.74, 6) is -0.356. The first-order valence-corrected chi connectivity index (χ1v) is 7.32. The van der Waals surface area contributed by atoms with Crippen LogP contribution in [0.3, 0.4) is 0 Å². The molecule has 2 unspecified atom stereocenters. The summed E-state index contributed by atoms with van der Waals surface area (Å²) in [4.78, 5) is 16.9. The summed E-state index contributed by atoms with van der Waals surface area (Å²) in [5, 5.41) is 4.15. The van der Waals surface area contributed by atoms with Gasteiger partial charge in [0.05, 0.1) is 18.2 Å². The van der Waals surface area contributed by atoms with Crippen LogP contribution in [0, 0.1) is 6.92 Å². The minimum Gasteiger partial charge on any atom is -0.461 e. The van der Waals surface area contributed by atoms with Crippen molar-refractivity contribution in [2.24, 2.45) is 0 Å². The molecule has 2 atom stereocenters. The summed E-state index contributed by atoms with van der Waals surface area (Å²) >= 11 is 1.48. The van der Waals surface area contributed by atoms with Crippen molar-refractivity contribution in [1.29, 1.82) is 0 Å². The van der Waals surface area contributed by atoms with E-state index in [1.807, 2.05) is 13.8 Å². The standard InChI is InChI=1S/C13H20N2O3S/c1-5-17-11(16)10-8(2)19-12(14-10)15-13(4)6-7-18-9(13)3/h9H,5-7H2,1-4H3,(H,14,15). The number of carbonyl (C=O) groups is 1. The van der Waals surface area contributed by atoms with Crippen molar-refractivity contribution >= 4 is 22.4 Å². The summed E-state index contributed by atoms with van der Waals surface area (Å²) in [7, 11) is 0. The number of hydrogen-bond acceptors (Lipinski definition) is 6. The molecule has 1 aliphatic rings. The Kier molecular flexibility index (Phi) is 4.10. The van der Waals surface area contributed by atoms with E-state index in [1.165, 1.54) is 11.3 Å². The average Bonchev–Trinajstić information content (AvgIpc) is 2.84. The van der Waals surface area contributed by atoms with Crippen molar-refractivity contribution in [2.45, 2.75) is 45.8 Å². The van der Waals surface area contributed by atoms with Gasteiger partial charge in [0.15, 0.2) is 10.8 Å². The van der Waals surface area contributed by atoms with Crippen LogP contribution < -0.4 is 5.32 Å². The zero-order valence-electron chi connectivity index (χ0n) is 11.8. The molecule has 0 radical (unpaired) electrons. The summed E-state index contributed by atoms with van der Waals surface area (Å²) in [6.07, 6.45) is 1.06. The third kappa shape index (κ3) is 2.90. The highest BCUT2D eigenvalue weighted by molar-refractivity contribution is 7.15. The number of esters is 1. The van der Waals surface area contributed by atoms with Gasteiger partial charge in [0.25, 0.3) is 0 Å². The minimum atomic E-state index is -0.356. The van der Waals surface area contributed by atoms with E-state index in [2.05, 4.69) is 17.2 Å². The van der Waals surface area contributed by atoms with Crippen molar-refractivity contribution < 1.29 is 14.3 Å². The molecule has 1 fully saturated rings. The van der Waals surface area contributed by atoms with E-state index < -0.39 is 0 Å². The number of aryl methyl sites for hydroxylation is 1. The van der Waals surface area contributed by atoms with E-state index >= 15 is 0 Å². The molecule has 6 heteroatoms. The Bertz CT molecular complexity index is 474. The zero-order chi connectivity index (χ0) is 14.0. The molecule has 1 aromatic heterocycles. The zero-order valence-corrected chi connectivity index (χ0v) is 12.6. The van der Waals surface area contributed by atoms with Crippen molar-refractivity contribution in [3.8, 4) is 0 Å². The highest BCUT2D eigenvalue weighted by atomic mass is 32.1. The van der Waals surface area contributed by atoms with E-state index in [4.69, 9.17) is 9.47 Å². The molecule has 19 heavy (non-hydrogen) atoms. The van der Waals surface area contributed by atoms with Gasteiger partial charge in [0.2, 0.25) is 0 Å². The van der Waals surface area contributed by atoms with Gasteiger partial charge in [-0.15, -0.1) is 11.3 Å². The molecule has 0 spiro atoms. The second-order valence-electron chi connectivity index (χ2n) is 4.95. The summed E-state index contributed by atoms with van der Waals surface area (Å²) in [6, 6.07) is 0. The molecule has 2 heterocycles. The SMILES string of the molecule is CCOC(=O)c1nc(NC2(C)CCOC2C)sc1C. The predicted molar refractivity (Wildman–Crippen MR) is 74.9 cm³/mol. The van der Waals surface area contributed by atoms with Gasteiger partial charge < -0.3 is 14.8 Å². The first-order chi connectivity index (χ1) is 8.96. The van der Waals surface area contributed by atoms with Crippen molar-refractivity contribution in [3.05, 3.63) is 10.6 Å². The number of rotatable bonds is 4. The Morgan fingerprint density at radius 1 is 1.68 bits per heavy atom. The van der Waals surface area contributed by atoms with E-state index in [9.17, 15) is 4.79 Å². The second-order valence-corrected chi connectivity index (χ2v) is 6.15. The van der Waals surface area contributed by atoms with Crippen molar-refractivity contribution in [2.75, 3.05) is 18.5 Å². The fraction of sp³-hybridized carbons (Fsp3) is 0.692. The van der Waals surface area contributed by atoms with Crippen LogP contribution in [-0.4, -0.2) is 35.8 Å². The molecule has 0 aromatic carbocycles. The van der Waals surface area contributed by atoms with Crippen LogP contribution in [0.2, 0.25) is 0 Å². The second kappa shape index (κ2) is 5.46. The number of nitrogens with one attached hydrogen (secondary N) is 1. The number of carbonyl (C=O) groups excluding carboxylic acids is 1. The maximum absolute atomic E-state index is 11.7. The number of anilines is 1. The largest absolute Gasteiger partial charge is 0.461 e. The molecule has 2 rings (SSSR count). The Labute approximate surface area is 117 Å². The van der Waals surface area contributed by atoms with Crippen LogP contribution in [0.15, 0.2) is 0 Å². The number of thiazole rings is 1. The number of aromatic nitrogens is 1. The maximum atomic E-state index is 11.7. The monoisotopic (exact) mass is 284 g/mol.